The maximum Gasteiger partial charge on any atom is 0.254 e. The SMILES string of the molecule is CSc1ncccc1C(=O)N[C@H](C)c1ccccc1F. The molecule has 3 nitrogen and oxygen atoms in total. The molecule has 0 fully saturated rings. The molecular weight excluding hydrogens is 275 g/mol. The second kappa shape index (κ2) is 6.52. The van der Waals surface area contributed by atoms with Gasteiger partial charge in [-0.1, -0.05) is 18.2 Å². The Labute approximate surface area is 121 Å². The Bertz CT molecular complexity index is 618. The number of hydrogen-bond acceptors (Lipinski definition) is 3. The highest BCUT2D eigenvalue weighted by Gasteiger charge is 2.16. The number of amides is 1. The molecule has 1 aromatic heterocycles. The number of hydrogen-bond donors (Lipinski definition) is 1. The summed E-state index contributed by atoms with van der Waals surface area (Å²) in [5.41, 5.74) is 0.971. The van der Waals surface area contributed by atoms with Crippen molar-refractivity contribution in [3.8, 4) is 0 Å². The minimum Gasteiger partial charge on any atom is -0.345 e. The fraction of sp³-hybridized carbons (Fsp3) is 0.200. The van der Waals surface area contributed by atoms with Crippen LogP contribution in [0.1, 0.15) is 28.9 Å². The normalized spacial score (nSPS) is 11.9. The van der Waals surface area contributed by atoms with Gasteiger partial charge in [-0.25, -0.2) is 9.37 Å². The lowest BCUT2D eigenvalue weighted by molar-refractivity contribution is 0.0935. The lowest BCUT2D eigenvalue weighted by Crippen LogP contribution is -2.27. The van der Waals surface area contributed by atoms with Crippen LogP contribution in [0.3, 0.4) is 0 Å². The van der Waals surface area contributed by atoms with Gasteiger partial charge in [0.25, 0.3) is 5.91 Å². The molecule has 104 valence electrons. The third kappa shape index (κ3) is 3.17. The highest BCUT2D eigenvalue weighted by molar-refractivity contribution is 7.98. The molecule has 2 rings (SSSR count). The van der Waals surface area contributed by atoms with Crippen molar-refractivity contribution in [2.75, 3.05) is 6.26 Å². The van der Waals surface area contributed by atoms with Gasteiger partial charge in [-0.15, -0.1) is 11.8 Å². The average Bonchev–Trinajstić information content (AvgIpc) is 2.47. The zero-order valence-corrected chi connectivity index (χ0v) is 12.1. The third-order valence-corrected chi connectivity index (χ3v) is 3.64. The van der Waals surface area contributed by atoms with Crippen molar-refractivity contribution in [1.29, 1.82) is 0 Å². The number of carbonyl (C=O) groups excluding carboxylic acids is 1. The van der Waals surface area contributed by atoms with E-state index in [0.29, 0.717) is 16.2 Å². The fourth-order valence-corrected chi connectivity index (χ4v) is 2.45. The molecule has 0 saturated heterocycles. The largest absolute Gasteiger partial charge is 0.345 e. The molecule has 1 N–H and O–H groups in total. The number of carbonyl (C=O) groups is 1. The summed E-state index contributed by atoms with van der Waals surface area (Å²) in [6.45, 7) is 1.76. The first-order valence-corrected chi connectivity index (χ1v) is 7.40. The minimum absolute atomic E-state index is 0.252. The van der Waals surface area contributed by atoms with Crippen LogP contribution < -0.4 is 5.32 Å². The Balaban J connectivity index is 2.18. The molecule has 5 heteroatoms. The van der Waals surface area contributed by atoms with Gasteiger partial charge in [-0.05, 0) is 31.4 Å². The lowest BCUT2D eigenvalue weighted by Gasteiger charge is -2.15. The first kappa shape index (κ1) is 14.5. The lowest BCUT2D eigenvalue weighted by atomic mass is 10.1. The number of rotatable bonds is 4. The Morgan fingerprint density at radius 2 is 2.05 bits per heavy atom. The molecular formula is C15H15FN2OS. The van der Waals surface area contributed by atoms with Crippen LogP contribution in [0.4, 0.5) is 4.39 Å². The van der Waals surface area contributed by atoms with Crippen LogP contribution in [0.5, 0.6) is 0 Å². The van der Waals surface area contributed by atoms with E-state index in [-0.39, 0.29) is 11.7 Å². The van der Waals surface area contributed by atoms with Crippen LogP contribution in [0.2, 0.25) is 0 Å². The molecule has 0 aliphatic heterocycles. The van der Waals surface area contributed by atoms with Crippen molar-refractivity contribution < 1.29 is 9.18 Å². The van der Waals surface area contributed by atoms with Crippen LogP contribution in [-0.2, 0) is 0 Å². The molecule has 0 unspecified atom stereocenters. The highest BCUT2D eigenvalue weighted by Crippen LogP contribution is 2.20. The van der Waals surface area contributed by atoms with E-state index in [9.17, 15) is 9.18 Å². The van der Waals surface area contributed by atoms with Gasteiger partial charge in [0, 0.05) is 11.8 Å². The van der Waals surface area contributed by atoms with Crippen molar-refractivity contribution in [2.45, 2.75) is 18.0 Å². The number of aromatic nitrogens is 1. The minimum atomic E-state index is -0.404. The van der Waals surface area contributed by atoms with Crippen molar-refractivity contribution in [2.24, 2.45) is 0 Å². The van der Waals surface area contributed by atoms with Gasteiger partial charge in [-0.2, -0.15) is 0 Å². The van der Waals surface area contributed by atoms with Crippen LogP contribution >= 0.6 is 11.8 Å². The van der Waals surface area contributed by atoms with E-state index in [1.807, 2.05) is 6.26 Å². The second-order valence-electron chi connectivity index (χ2n) is 4.28. The highest BCUT2D eigenvalue weighted by atomic mass is 32.2. The summed E-state index contributed by atoms with van der Waals surface area (Å²) in [7, 11) is 0. The molecule has 0 radical (unpaired) electrons. The van der Waals surface area contributed by atoms with E-state index in [1.165, 1.54) is 17.8 Å². The van der Waals surface area contributed by atoms with Gasteiger partial charge < -0.3 is 5.32 Å². The molecule has 1 amide bonds. The first-order valence-electron chi connectivity index (χ1n) is 6.17. The predicted molar refractivity (Wildman–Crippen MR) is 78.3 cm³/mol. The average molecular weight is 290 g/mol. The van der Waals surface area contributed by atoms with Gasteiger partial charge in [0.15, 0.2) is 0 Å². The molecule has 1 atom stereocenters. The van der Waals surface area contributed by atoms with E-state index < -0.39 is 6.04 Å². The second-order valence-corrected chi connectivity index (χ2v) is 5.07. The molecule has 0 aliphatic carbocycles. The van der Waals surface area contributed by atoms with E-state index in [0.717, 1.165) is 0 Å². The fourth-order valence-electron chi connectivity index (χ4n) is 1.90. The monoisotopic (exact) mass is 290 g/mol. The molecule has 2 aromatic rings. The quantitative estimate of drug-likeness (QED) is 0.877. The van der Waals surface area contributed by atoms with E-state index in [4.69, 9.17) is 0 Å². The predicted octanol–water partition coefficient (Wildman–Crippen LogP) is 3.43. The maximum absolute atomic E-state index is 13.7. The molecule has 0 spiro atoms. The standard InChI is InChI=1S/C15H15FN2OS/c1-10(11-6-3-4-8-13(11)16)18-14(19)12-7-5-9-17-15(12)20-2/h3-10H,1-2H3,(H,18,19)/t10-/m1/s1. The van der Waals surface area contributed by atoms with Crippen LogP contribution in [0, 0.1) is 5.82 Å². The molecule has 0 aliphatic rings. The summed E-state index contributed by atoms with van der Waals surface area (Å²) in [6.07, 6.45) is 3.50. The Kier molecular flexibility index (Phi) is 4.74. The van der Waals surface area contributed by atoms with Crippen LogP contribution in [0.15, 0.2) is 47.6 Å². The summed E-state index contributed by atoms with van der Waals surface area (Å²) in [4.78, 5) is 16.4. The Hall–Kier alpha value is -1.88. The number of thioether (sulfide) groups is 1. The zero-order valence-electron chi connectivity index (χ0n) is 11.3. The van der Waals surface area contributed by atoms with E-state index in [2.05, 4.69) is 10.3 Å². The van der Waals surface area contributed by atoms with Crippen LogP contribution in [-0.4, -0.2) is 17.1 Å². The van der Waals surface area contributed by atoms with Crippen molar-refractivity contribution in [1.82, 2.24) is 10.3 Å². The maximum atomic E-state index is 13.7. The number of benzene rings is 1. The van der Waals surface area contributed by atoms with Crippen molar-refractivity contribution in [3.05, 3.63) is 59.5 Å². The van der Waals surface area contributed by atoms with Gasteiger partial charge in [0.1, 0.15) is 10.8 Å². The Morgan fingerprint density at radius 3 is 2.75 bits per heavy atom. The van der Waals surface area contributed by atoms with Gasteiger partial charge in [0.05, 0.1) is 11.6 Å². The summed E-state index contributed by atoms with van der Waals surface area (Å²) in [6, 6.07) is 9.44. The first-order chi connectivity index (χ1) is 9.63. The Morgan fingerprint density at radius 1 is 1.30 bits per heavy atom. The third-order valence-electron chi connectivity index (χ3n) is 2.93. The zero-order chi connectivity index (χ0) is 14.5. The molecule has 1 aromatic carbocycles. The van der Waals surface area contributed by atoms with Crippen molar-refractivity contribution in [3.63, 3.8) is 0 Å². The number of nitrogens with one attached hydrogen (secondary N) is 1. The number of nitrogens with zero attached hydrogens (tertiary/aromatic N) is 1. The smallest absolute Gasteiger partial charge is 0.254 e. The van der Waals surface area contributed by atoms with Gasteiger partial charge in [0.2, 0.25) is 0 Å². The molecule has 20 heavy (non-hydrogen) atoms. The summed E-state index contributed by atoms with van der Waals surface area (Å²) >= 11 is 1.40. The van der Waals surface area contributed by atoms with Gasteiger partial charge >= 0.3 is 0 Å². The summed E-state index contributed by atoms with van der Waals surface area (Å²) < 4.78 is 13.7. The molecule has 0 saturated carbocycles. The molecule has 1 heterocycles. The van der Waals surface area contributed by atoms with E-state index >= 15 is 0 Å². The van der Waals surface area contributed by atoms with Gasteiger partial charge in [-0.3, -0.25) is 4.79 Å². The number of halogens is 1. The van der Waals surface area contributed by atoms with E-state index in [1.54, 1.807) is 43.5 Å². The summed E-state index contributed by atoms with van der Waals surface area (Å²) in [5.74, 6) is -0.574. The van der Waals surface area contributed by atoms with Crippen molar-refractivity contribution >= 4 is 17.7 Å². The molecule has 0 bridgehead atoms. The topological polar surface area (TPSA) is 42.0 Å². The summed E-state index contributed by atoms with van der Waals surface area (Å²) in [5, 5.41) is 3.45. The van der Waals surface area contributed by atoms with Crippen LogP contribution in [0.25, 0.3) is 0 Å². The number of pyridine rings is 1.